The normalized spacial score (nSPS) is 28.5. The SMILES string of the molecule is C=C1C=C2C=CC=CC2C2=CC([Si](=O)[N+](C)(C)C(C)(C)C)=C3C=CC=CC23C1. The van der Waals surface area contributed by atoms with Gasteiger partial charge < -0.3 is 8.61 Å². The fourth-order valence-corrected chi connectivity index (χ4v) is 6.61. The molecular formula is C25H30NOSi+. The minimum absolute atomic E-state index is 0.101. The van der Waals surface area contributed by atoms with Gasteiger partial charge in [0, 0.05) is 11.3 Å². The zero-order valence-corrected chi connectivity index (χ0v) is 18.6. The second-order valence-corrected chi connectivity index (χ2v) is 12.0. The molecule has 0 aromatic heterocycles. The van der Waals surface area contributed by atoms with Crippen molar-refractivity contribution in [2.24, 2.45) is 11.3 Å². The summed E-state index contributed by atoms with van der Waals surface area (Å²) >= 11 is 0. The number of quaternary nitrogens is 1. The molecular weight excluding hydrogens is 358 g/mol. The highest BCUT2D eigenvalue weighted by Gasteiger charge is 2.52. The van der Waals surface area contributed by atoms with Gasteiger partial charge in [-0.25, -0.2) is 0 Å². The predicted molar refractivity (Wildman–Crippen MR) is 118 cm³/mol. The molecule has 0 heterocycles. The van der Waals surface area contributed by atoms with Crippen molar-refractivity contribution >= 4 is 8.84 Å². The Morgan fingerprint density at radius 2 is 1.82 bits per heavy atom. The first-order valence-electron chi connectivity index (χ1n) is 10.0. The maximum absolute atomic E-state index is 14.0. The van der Waals surface area contributed by atoms with Gasteiger partial charge in [0.1, 0.15) is 0 Å². The topological polar surface area (TPSA) is 17.1 Å². The fourth-order valence-electron chi connectivity index (χ4n) is 4.58. The summed E-state index contributed by atoms with van der Waals surface area (Å²) in [5, 5.41) is 1.04. The third-order valence-corrected chi connectivity index (χ3v) is 9.59. The molecule has 0 saturated heterocycles. The van der Waals surface area contributed by atoms with Crippen LogP contribution in [0.5, 0.6) is 0 Å². The molecule has 0 N–H and O–H groups in total. The van der Waals surface area contributed by atoms with Crippen LogP contribution >= 0.6 is 0 Å². The summed E-state index contributed by atoms with van der Waals surface area (Å²) in [6.07, 6.45) is 22.7. The van der Waals surface area contributed by atoms with Crippen molar-refractivity contribution in [1.29, 1.82) is 0 Å². The van der Waals surface area contributed by atoms with Crippen LogP contribution in [0.15, 0.2) is 94.8 Å². The molecule has 0 bridgehead atoms. The van der Waals surface area contributed by atoms with Gasteiger partial charge in [0.05, 0.1) is 24.8 Å². The molecule has 0 saturated carbocycles. The van der Waals surface area contributed by atoms with Crippen LogP contribution in [-0.4, -0.2) is 32.6 Å². The van der Waals surface area contributed by atoms with Crippen LogP contribution in [0.1, 0.15) is 27.2 Å². The monoisotopic (exact) mass is 388 g/mol. The molecule has 28 heavy (non-hydrogen) atoms. The van der Waals surface area contributed by atoms with E-state index >= 15 is 0 Å². The lowest BCUT2D eigenvalue weighted by Gasteiger charge is -2.41. The Morgan fingerprint density at radius 1 is 1.11 bits per heavy atom. The van der Waals surface area contributed by atoms with E-state index in [1.807, 2.05) is 0 Å². The Balaban J connectivity index is 1.92. The van der Waals surface area contributed by atoms with E-state index in [4.69, 9.17) is 0 Å². The molecule has 144 valence electrons. The lowest BCUT2D eigenvalue weighted by atomic mass is 9.67. The van der Waals surface area contributed by atoms with E-state index in [1.165, 1.54) is 16.7 Å². The van der Waals surface area contributed by atoms with Gasteiger partial charge >= 0.3 is 8.84 Å². The summed E-state index contributed by atoms with van der Waals surface area (Å²) in [5.41, 5.74) is 4.64. The summed E-state index contributed by atoms with van der Waals surface area (Å²) < 4.78 is 14.5. The van der Waals surface area contributed by atoms with Crippen LogP contribution in [0, 0.1) is 11.3 Å². The maximum atomic E-state index is 14.0. The van der Waals surface area contributed by atoms with E-state index < -0.39 is 8.84 Å². The first kappa shape index (κ1) is 19.2. The number of fused-ring (bicyclic) bond motifs is 2. The van der Waals surface area contributed by atoms with E-state index in [0.717, 1.165) is 17.2 Å². The first-order valence-corrected chi connectivity index (χ1v) is 11.4. The van der Waals surface area contributed by atoms with E-state index in [0.29, 0.717) is 4.15 Å². The molecule has 2 unspecified atom stereocenters. The fraction of sp³-hybridized carbons (Fsp3) is 0.360. The number of rotatable bonds is 2. The highest BCUT2D eigenvalue weighted by molar-refractivity contribution is 6.46. The Morgan fingerprint density at radius 3 is 2.54 bits per heavy atom. The van der Waals surface area contributed by atoms with Crippen LogP contribution in [-0.2, 0) is 4.46 Å². The molecule has 0 radical (unpaired) electrons. The summed E-state index contributed by atoms with van der Waals surface area (Å²) in [5.74, 6) is 0.216. The van der Waals surface area contributed by atoms with E-state index in [9.17, 15) is 4.46 Å². The number of hydrogen-bond acceptors (Lipinski definition) is 1. The van der Waals surface area contributed by atoms with E-state index in [2.05, 4.69) is 102 Å². The molecule has 0 aromatic rings. The van der Waals surface area contributed by atoms with Gasteiger partial charge in [-0.15, -0.1) is 0 Å². The quantitative estimate of drug-likeness (QED) is 0.587. The van der Waals surface area contributed by atoms with Crippen LogP contribution in [0.3, 0.4) is 0 Å². The van der Waals surface area contributed by atoms with E-state index in [-0.39, 0.29) is 16.9 Å². The van der Waals surface area contributed by atoms with Crippen LogP contribution in [0.4, 0.5) is 0 Å². The molecule has 2 atom stereocenters. The lowest BCUT2D eigenvalue weighted by Crippen LogP contribution is -2.60. The van der Waals surface area contributed by atoms with Crippen molar-refractivity contribution < 1.29 is 8.61 Å². The summed E-state index contributed by atoms with van der Waals surface area (Å²) in [6, 6.07) is 0. The molecule has 4 rings (SSSR count). The molecule has 4 aliphatic carbocycles. The Bertz CT molecular complexity index is 988. The molecule has 2 nitrogen and oxygen atoms in total. The van der Waals surface area contributed by atoms with E-state index in [1.54, 1.807) is 0 Å². The molecule has 4 aliphatic rings. The molecule has 0 fully saturated rings. The standard InChI is InChI=1S/C25H30NOSi/c1-18-15-19-11-7-8-12-20(19)22-16-23(28(27)26(5,6)24(2,3)4)21-13-9-10-14-25(21,22)17-18/h7-16,20H,1,17H2,2-6H3/q+1. The number of allylic oxidation sites excluding steroid dienone is 15. The van der Waals surface area contributed by atoms with Crippen LogP contribution in [0.25, 0.3) is 0 Å². The largest absolute Gasteiger partial charge is 0.591 e. The molecule has 1 spiro atoms. The Labute approximate surface area is 170 Å². The Kier molecular flexibility index (Phi) is 4.25. The second-order valence-electron chi connectivity index (χ2n) is 9.75. The van der Waals surface area contributed by atoms with Crippen molar-refractivity contribution in [3.8, 4) is 0 Å². The number of nitrogens with zero attached hydrogens (tertiary/aromatic N) is 1. The maximum Gasteiger partial charge on any atom is 0.591 e. The summed E-state index contributed by atoms with van der Waals surface area (Å²) in [4.78, 5) is 0. The van der Waals surface area contributed by atoms with Crippen molar-refractivity contribution in [3.05, 3.63) is 94.8 Å². The molecule has 0 aliphatic heterocycles. The van der Waals surface area contributed by atoms with Gasteiger partial charge in [0.25, 0.3) is 0 Å². The van der Waals surface area contributed by atoms with Gasteiger partial charge in [0.15, 0.2) is 0 Å². The minimum Gasteiger partial charge on any atom is -0.325 e. The predicted octanol–water partition coefficient (Wildman–Crippen LogP) is 5.30. The van der Waals surface area contributed by atoms with Crippen molar-refractivity contribution in [2.45, 2.75) is 32.7 Å². The molecule has 0 amide bonds. The van der Waals surface area contributed by atoms with Crippen LogP contribution in [0.2, 0.25) is 0 Å². The van der Waals surface area contributed by atoms with Gasteiger partial charge in [-0.05, 0) is 50.0 Å². The highest BCUT2D eigenvalue weighted by Crippen LogP contribution is 2.57. The first-order chi connectivity index (χ1) is 13.1. The average Bonchev–Trinajstić information content (AvgIpc) is 2.89. The third-order valence-electron chi connectivity index (χ3n) is 7.03. The van der Waals surface area contributed by atoms with Gasteiger partial charge in [-0.1, -0.05) is 66.8 Å². The third kappa shape index (κ3) is 2.64. The second kappa shape index (κ2) is 6.20. The zero-order valence-electron chi connectivity index (χ0n) is 17.6. The van der Waals surface area contributed by atoms with Crippen molar-refractivity contribution in [1.82, 2.24) is 0 Å². The molecule has 0 aromatic carbocycles. The van der Waals surface area contributed by atoms with Crippen LogP contribution < -0.4 is 0 Å². The zero-order chi connectivity index (χ0) is 20.3. The summed E-state index contributed by atoms with van der Waals surface area (Å²) in [7, 11) is 2.12. The minimum atomic E-state index is -2.08. The van der Waals surface area contributed by atoms with Gasteiger partial charge in [-0.2, -0.15) is 0 Å². The Hall–Kier alpha value is -2.10. The molecule has 3 heteroatoms. The van der Waals surface area contributed by atoms with Gasteiger partial charge in [0.2, 0.25) is 0 Å². The highest BCUT2D eigenvalue weighted by atomic mass is 28.3. The summed E-state index contributed by atoms with van der Waals surface area (Å²) in [6.45, 7) is 10.9. The number of hydrogen-bond donors (Lipinski definition) is 0. The lowest BCUT2D eigenvalue weighted by molar-refractivity contribution is -0.837. The smallest absolute Gasteiger partial charge is 0.325 e. The van der Waals surface area contributed by atoms with Gasteiger partial charge in [-0.3, -0.25) is 0 Å². The average molecular weight is 389 g/mol. The van der Waals surface area contributed by atoms with Crippen molar-refractivity contribution in [2.75, 3.05) is 14.1 Å². The van der Waals surface area contributed by atoms with Crippen molar-refractivity contribution in [3.63, 3.8) is 0 Å².